The third-order valence-electron chi connectivity index (χ3n) is 2.03. The predicted octanol–water partition coefficient (Wildman–Crippen LogP) is 2.05. The van der Waals surface area contributed by atoms with Gasteiger partial charge in [0.1, 0.15) is 11.6 Å². The molecule has 0 aromatic heterocycles. The molecule has 5 heteroatoms. The first-order valence-corrected chi connectivity index (χ1v) is 5.55. The predicted molar refractivity (Wildman–Crippen MR) is 71.9 cm³/mol. The van der Waals surface area contributed by atoms with Gasteiger partial charge in [0.25, 0.3) is 0 Å². The van der Waals surface area contributed by atoms with Gasteiger partial charge in [-0.15, -0.1) is 23.3 Å². The van der Waals surface area contributed by atoms with Crippen LogP contribution >= 0.6 is 11.6 Å². The lowest BCUT2D eigenvalue weighted by molar-refractivity contribution is 0.469. The molecular formula is C12H14ClN3O. The van der Waals surface area contributed by atoms with Crippen LogP contribution in [0, 0.1) is 0 Å². The number of halogens is 1. The maximum atomic E-state index is 9.90. The molecular weight excluding hydrogens is 238 g/mol. The highest BCUT2D eigenvalue weighted by atomic mass is 35.5. The number of aromatic hydroxyl groups is 1. The highest BCUT2D eigenvalue weighted by Gasteiger charge is 2.03. The van der Waals surface area contributed by atoms with Crippen LogP contribution in [0.15, 0.2) is 41.1 Å². The summed E-state index contributed by atoms with van der Waals surface area (Å²) >= 11 is 5.44. The second-order valence-corrected chi connectivity index (χ2v) is 3.58. The van der Waals surface area contributed by atoms with Crippen molar-refractivity contribution in [1.29, 1.82) is 0 Å². The van der Waals surface area contributed by atoms with E-state index in [0.717, 1.165) is 5.56 Å². The summed E-state index contributed by atoms with van der Waals surface area (Å²) in [7, 11) is 0. The van der Waals surface area contributed by atoms with Crippen LogP contribution < -0.4 is 5.73 Å². The molecule has 0 fully saturated rings. The van der Waals surface area contributed by atoms with E-state index in [4.69, 9.17) is 17.3 Å². The van der Waals surface area contributed by atoms with Crippen LogP contribution in [0.5, 0.6) is 5.75 Å². The molecule has 0 aliphatic carbocycles. The Morgan fingerprint density at radius 3 is 2.94 bits per heavy atom. The molecule has 90 valence electrons. The third-order valence-corrected chi connectivity index (χ3v) is 2.31. The van der Waals surface area contributed by atoms with Crippen molar-refractivity contribution >= 4 is 23.7 Å². The average molecular weight is 252 g/mol. The van der Waals surface area contributed by atoms with Gasteiger partial charge in [-0.2, -0.15) is 5.10 Å². The molecule has 1 rings (SSSR count). The van der Waals surface area contributed by atoms with E-state index in [9.17, 15) is 5.11 Å². The fourth-order valence-electron chi connectivity index (χ4n) is 1.23. The quantitative estimate of drug-likeness (QED) is 0.276. The minimum atomic E-state index is 0.125. The standard InChI is InChI=1S/C12H14ClN3O/c1-2-4-9-5-3-6-10(12(9)17)8-15-16-11(14)7-13/h2-3,5-6,8,17H,1,4,7H2,(H2,14,16)/b15-8+. The van der Waals surface area contributed by atoms with Gasteiger partial charge < -0.3 is 10.8 Å². The molecule has 4 nitrogen and oxygen atoms in total. The van der Waals surface area contributed by atoms with Gasteiger partial charge in [-0.1, -0.05) is 18.2 Å². The number of para-hydroxylation sites is 1. The average Bonchev–Trinajstić information content (AvgIpc) is 2.33. The third kappa shape index (κ3) is 3.92. The van der Waals surface area contributed by atoms with E-state index in [1.165, 1.54) is 6.21 Å². The van der Waals surface area contributed by atoms with E-state index in [1.54, 1.807) is 12.1 Å². The number of phenols is 1. The van der Waals surface area contributed by atoms with Gasteiger partial charge in [0.2, 0.25) is 0 Å². The summed E-state index contributed by atoms with van der Waals surface area (Å²) in [5.41, 5.74) is 6.75. The lowest BCUT2D eigenvalue weighted by Gasteiger charge is -2.03. The van der Waals surface area contributed by atoms with E-state index in [2.05, 4.69) is 16.8 Å². The van der Waals surface area contributed by atoms with Crippen molar-refractivity contribution in [3.63, 3.8) is 0 Å². The van der Waals surface area contributed by atoms with Gasteiger partial charge in [-0.25, -0.2) is 0 Å². The molecule has 0 saturated heterocycles. The van der Waals surface area contributed by atoms with Gasteiger partial charge in [0.15, 0.2) is 0 Å². The van der Waals surface area contributed by atoms with Crippen molar-refractivity contribution < 1.29 is 5.11 Å². The molecule has 0 atom stereocenters. The SMILES string of the molecule is C=CCc1cccc(/C=N/N=C(\N)CCl)c1O. The number of phenolic OH excluding ortho intramolecular Hbond substituents is 1. The Bertz CT molecular complexity index is 455. The Labute approximate surface area is 105 Å². The van der Waals surface area contributed by atoms with Crippen molar-refractivity contribution in [3.8, 4) is 5.75 Å². The Kier molecular flexibility index (Phi) is 5.23. The van der Waals surface area contributed by atoms with E-state index in [-0.39, 0.29) is 17.5 Å². The molecule has 1 aromatic rings. The van der Waals surface area contributed by atoms with Crippen molar-refractivity contribution in [2.75, 3.05) is 5.88 Å². The lowest BCUT2D eigenvalue weighted by atomic mass is 10.1. The lowest BCUT2D eigenvalue weighted by Crippen LogP contribution is -2.12. The second-order valence-electron chi connectivity index (χ2n) is 3.32. The number of nitrogens with zero attached hydrogens (tertiary/aromatic N) is 2. The Balaban J connectivity index is 2.92. The van der Waals surface area contributed by atoms with Crippen LogP contribution in [0.3, 0.4) is 0 Å². The number of nitrogens with two attached hydrogens (primary N) is 1. The molecule has 17 heavy (non-hydrogen) atoms. The first-order valence-electron chi connectivity index (χ1n) is 5.02. The summed E-state index contributed by atoms with van der Waals surface area (Å²) in [5.74, 6) is 0.528. The minimum absolute atomic E-state index is 0.125. The van der Waals surface area contributed by atoms with Gasteiger partial charge in [-0.3, -0.25) is 0 Å². The van der Waals surface area contributed by atoms with E-state index in [1.807, 2.05) is 12.1 Å². The topological polar surface area (TPSA) is 71.0 Å². The molecule has 0 aliphatic rings. The zero-order chi connectivity index (χ0) is 12.7. The highest BCUT2D eigenvalue weighted by molar-refractivity contribution is 6.27. The molecule has 0 bridgehead atoms. The minimum Gasteiger partial charge on any atom is -0.507 e. The van der Waals surface area contributed by atoms with Gasteiger partial charge in [0, 0.05) is 5.56 Å². The number of amidine groups is 1. The maximum Gasteiger partial charge on any atom is 0.137 e. The summed E-state index contributed by atoms with van der Waals surface area (Å²) in [5, 5.41) is 17.3. The monoisotopic (exact) mass is 251 g/mol. The maximum absolute atomic E-state index is 9.90. The van der Waals surface area contributed by atoms with E-state index < -0.39 is 0 Å². The van der Waals surface area contributed by atoms with Crippen LogP contribution in [0.4, 0.5) is 0 Å². The van der Waals surface area contributed by atoms with Crippen molar-refractivity contribution in [2.24, 2.45) is 15.9 Å². The fraction of sp³-hybridized carbons (Fsp3) is 0.167. The van der Waals surface area contributed by atoms with Crippen LogP contribution in [-0.2, 0) is 6.42 Å². The first kappa shape index (κ1) is 13.3. The molecule has 0 radical (unpaired) electrons. The van der Waals surface area contributed by atoms with Crippen molar-refractivity contribution in [1.82, 2.24) is 0 Å². The smallest absolute Gasteiger partial charge is 0.137 e. The van der Waals surface area contributed by atoms with Gasteiger partial charge in [-0.05, 0) is 18.1 Å². The Hall–Kier alpha value is -1.81. The van der Waals surface area contributed by atoms with Gasteiger partial charge >= 0.3 is 0 Å². The second kappa shape index (κ2) is 6.70. The van der Waals surface area contributed by atoms with Crippen molar-refractivity contribution in [3.05, 3.63) is 42.0 Å². The number of rotatable bonds is 5. The summed E-state index contributed by atoms with van der Waals surface area (Å²) in [6.45, 7) is 3.63. The van der Waals surface area contributed by atoms with E-state index >= 15 is 0 Å². The van der Waals surface area contributed by atoms with E-state index in [0.29, 0.717) is 12.0 Å². The van der Waals surface area contributed by atoms with Crippen LogP contribution in [0.25, 0.3) is 0 Å². The Morgan fingerprint density at radius 1 is 1.53 bits per heavy atom. The molecule has 0 saturated carbocycles. The Morgan fingerprint density at radius 2 is 2.29 bits per heavy atom. The summed E-state index contributed by atoms with van der Waals surface area (Å²) in [4.78, 5) is 0. The summed E-state index contributed by atoms with van der Waals surface area (Å²) in [6, 6.07) is 5.39. The largest absolute Gasteiger partial charge is 0.507 e. The molecule has 0 aliphatic heterocycles. The molecule has 1 aromatic carbocycles. The number of alkyl halides is 1. The summed E-state index contributed by atoms with van der Waals surface area (Å²) in [6.07, 6.45) is 3.75. The first-order chi connectivity index (χ1) is 8.19. The molecule has 0 unspecified atom stereocenters. The van der Waals surface area contributed by atoms with Crippen LogP contribution in [0.1, 0.15) is 11.1 Å². The van der Waals surface area contributed by atoms with Gasteiger partial charge in [0.05, 0.1) is 12.1 Å². The zero-order valence-electron chi connectivity index (χ0n) is 9.31. The number of allylic oxidation sites excluding steroid dienone is 1. The normalized spacial score (nSPS) is 11.9. The number of benzene rings is 1. The molecule has 0 amide bonds. The van der Waals surface area contributed by atoms with Crippen molar-refractivity contribution in [2.45, 2.75) is 6.42 Å². The zero-order valence-corrected chi connectivity index (χ0v) is 10.1. The number of hydrogen-bond acceptors (Lipinski definition) is 3. The van der Waals surface area contributed by atoms with Crippen LogP contribution in [-0.4, -0.2) is 23.0 Å². The molecule has 0 spiro atoms. The number of hydrogen-bond donors (Lipinski definition) is 2. The summed E-state index contributed by atoms with van der Waals surface area (Å²) < 4.78 is 0. The van der Waals surface area contributed by atoms with Crippen LogP contribution in [0.2, 0.25) is 0 Å². The molecule has 3 N–H and O–H groups in total. The highest BCUT2D eigenvalue weighted by Crippen LogP contribution is 2.21. The molecule has 0 heterocycles. The fourth-order valence-corrected chi connectivity index (χ4v) is 1.28.